The Labute approximate surface area is 116 Å². The van der Waals surface area contributed by atoms with Crippen LogP contribution in [0.4, 0.5) is 0 Å². The normalized spacial score (nSPS) is 14.2. The summed E-state index contributed by atoms with van der Waals surface area (Å²) in [5.41, 5.74) is 7.11. The standard InChI is InChI=1S/C16H26N2O/c1-4-8-15(13-9-6-5-7-10-13)18-16(19)11-14(17)12(2)3/h5-7,9-10,12,14-15H,4,8,11,17H2,1-3H3,(H,18,19). The first-order valence-corrected chi connectivity index (χ1v) is 7.14. The van der Waals surface area contributed by atoms with E-state index >= 15 is 0 Å². The van der Waals surface area contributed by atoms with Gasteiger partial charge in [-0.15, -0.1) is 0 Å². The third-order valence-corrected chi connectivity index (χ3v) is 3.39. The van der Waals surface area contributed by atoms with Gasteiger partial charge in [0.25, 0.3) is 0 Å². The first kappa shape index (κ1) is 15.7. The summed E-state index contributed by atoms with van der Waals surface area (Å²) in [6.07, 6.45) is 2.38. The molecule has 0 aliphatic rings. The summed E-state index contributed by atoms with van der Waals surface area (Å²) in [6, 6.07) is 10.1. The minimum absolute atomic E-state index is 0.0449. The number of carbonyl (C=O) groups excluding carboxylic acids is 1. The van der Waals surface area contributed by atoms with Crippen molar-refractivity contribution >= 4 is 5.91 Å². The van der Waals surface area contributed by atoms with E-state index < -0.39 is 0 Å². The Hall–Kier alpha value is -1.35. The number of rotatable bonds is 7. The van der Waals surface area contributed by atoms with Gasteiger partial charge in [-0.2, -0.15) is 0 Å². The van der Waals surface area contributed by atoms with E-state index in [1.165, 1.54) is 0 Å². The van der Waals surface area contributed by atoms with Crippen molar-refractivity contribution in [2.24, 2.45) is 11.7 Å². The summed E-state index contributed by atoms with van der Waals surface area (Å²) in [6.45, 7) is 6.21. The van der Waals surface area contributed by atoms with Crippen LogP contribution >= 0.6 is 0 Å². The zero-order valence-electron chi connectivity index (χ0n) is 12.2. The van der Waals surface area contributed by atoms with Crippen molar-refractivity contribution in [3.05, 3.63) is 35.9 Å². The minimum Gasteiger partial charge on any atom is -0.349 e. The smallest absolute Gasteiger partial charge is 0.222 e. The Morgan fingerprint density at radius 2 is 1.89 bits per heavy atom. The molecule has 0 radical (unpaired) electrons. The third-order valence-electron chi connectivity index (χ3n) is 3.39. The molecule has 2 unspecified atom stereocenters. The van der Waals surface area contributed by atoms with Crippen LogP contribution in [0.3, 0.4) is 0 Å². The molecule has 0 spiro atoms. The van der Waals surface area contributed by atoms with E-state index in [9.17, 15) is 4.79 Å². The number of carbonyl (C=O) groups is 1. The number of amides is 1. The van der Waals surface area contributed by atoms with Crippen LogP contribution in [0.5, 0.6) is 0 Å². The van der Waals surface area contributed by atoms with Crippen molar-refractivity contribution in [1.29, 1.82) is 0 Å². The van der Waals surface area contributed by atoms with Crippen LogP contribution in [0.25, 0.3) is 0 Å². The van der Waals surface area contributed by atoms with Crippen molar-refractivity contribution < 1.29 is 4.79 Å². The monoisotopic (exact) mass is 262 g/mol. The van der Waals surface area contributed by atoms with E-state index in [1.807, 2.05) is 32.0 Å². The largest absolute Gasteiger partial charge is 0.349 e. The highest BCUT2D eigenvalue weighted by atomic mass is 16.1. The lowest BCUT2D eigenvalue weighted by Crippen LogP contribution is -2.36. The van der Waals surface area contributed by atoms with Gasteiger partial charge in [0.2, 0.25) is 5.91 Å². The number of hydrogen-bond acceptors (Lipinski definition) is 2. The fourth-order valence-electron chi connectivity index (χ4n) is 2.00. The van der Waals surface area contributed by atoms with E-state index in [0.29, 0.717) is 12.3 Å². The molecule has 0 bridgehead atoms. The minimum atomic E-state index is -0.0713. The summed E-state index contributed by atoms with van der Waals surface area (Å²) in [4.78, 5) is 12.0. The van der Waals surface area contributed by atoms with Gasteiger partial charge in [0.05, 0.1) is 6.04 Å². The fraction of sp³-hybridized carbons (Fsp3) is 0.562. The van der Waals surface area contributed by atoms with Gasteiger partial charge in [-0.05, 0) is 17.9 Å². The Bertz CT molecular complexity index is 376. The van der Waals surface area contributed by atoms with E-state index in [2.05, 4.69) is 24.4 Å². The highest BCUT2D eigenvalue weighted by Crippen LogP contribution is 2.18. The SMILES string of the molecule is CCCC(NC(=O)CC(N)C(C)C)c1ccccc1. The first-order chi connectivity index (χ1) is 9.04. The van der Waals surface area contributed by atoms with Crippen molar-refractivity contribution in [2.75, 3.05) is 0 Å². The number of hydrogen-bond donors (Lipinski definition) is 2. The molecule has 0 aliphatic carbocycles. The van der Waals surface area contributed by atoms with Crippen molar-refractivity contribution in [3.8, 4) is 0 Å². The van der Waals surface area contributed by atoms with Gasteiger partial charge < -0.3 is 11.1 Å². The second-order valence-corrected chi connectivity index (χ2v) is 5.43. The summed E-state index contributed by atoms with van der Waals surface area (Å²) >= 11 is 0. The lowest BCUT2D eigenvalue weighted by atomic mass is 9.99. The maximum absolute atomic E-state index is 12.0. The summed E-state index contributed by atoms with van der Waals surface area (Å²) in [5, 5.41) is 3.10. The quantitative estimate of drug-likeness (QED) is 0.793. The molecule has 0 saturated carbocycles. The number of benzene rings is 1. The lowest BCUT2D eigenvalue weighted by molar-refractivity contribution is -0.122. The molecule has 0 aromatic heterocycles. The molecule has 0 saturated heterocycles. The van der Waals surface area contributed by atoms with Gasteiger partial charge in [-0.1, -0.05) is 57.5 Å². The molecular weight excluding hydrogens is 236 g/mol. The third kappa shape index (κ3) is 5.43. The predicted octanol–water partition coefficient (Wildman–Crippen LogP) is 3.02. The Morgan fingerprint density at radius 3 is 2.42 bits per heavy atom. The Morgan fingerprint density at radius 1 is 1.26 bits per heavy atom. The molecule has 0 heterocycles. The van der Waals surface area contributed by atoms with Gasteiger partial charge in [0.1, 0.15) is 0 Å². The molecule has 3 heteroatoms. The molecule has 3 nitrogen and oxygen atoms in total. The topological polar surface area (TPSA) is 55.1 Å². The van der Waals surface area contributed by atoms with Crippen LogP contribution < -0.4 is 11.1 Å². The van der Waals surface area contributed by atoms with Gasteiger partial charge in [-0.3, -0.25) is 4.79 Å². The summed E-state index contributed by atoms with van der Waals surface area (Å²) in [5.74, 6) is 0.371. The number of nitrogens with one attached hydrogen (secondary N) is 1. The summed E-state index contributed by atoms with van der Waals surface area (Å²) < 4.78 is 0. The van der Waals surface area contributed by atoms with E-state index in [0.717, 1.165) is 18.4 Å². The number of nitrogens with two attached hydrogens (primary N) is 1. The van der Waals surface area contributed by atoms with Crippen molar-refractivity contribution in [2.45, 2.75) is 52.1 Å². The van der Waals surface area contributed by atoms with Gasteiger partial charge in [-0.25, -0.2) is 0 Å². The maximum Gasteiger partial charge on any atom is 0.222 e. The van der Waals surface area contributed by atoms with Gasteiger partial charge >= 0.3 is 0 Å². The highest BCUT2D eigenvalue weighted by Gasteiger charge is 2.17. The molecule has 3 N–H and O–H groups in total. The maximum atomic E-state index is 12.0. The molecule has 1 aromatic rings. The molecule has 106 valence electrons. The molecule has 0 fully saturated rings. The van der Waals surface area contributed by atoms with E-state index in [-0.39, 0.29) is 18.0 Å². The average molecular weight is 262 g/mol. The zero-order chi connectivity index (χ0) is 14.3. The van der Waals surface area contributed by atoms with Crippen LogP contribution in [-0.4, -0.2) is 11.9 Å². The molecular formula is C16H26N2O. The molecule has 19 heavy (non-hydrogen) atoms. The van der Waals surface area contributed by atoms with Crippen molar-refractivity contribution in [1.82, 2.24) is 5.32 Å². The van der Waals surface area contributed by atoms with Crippen LogP contribution in [0.15, 0.2) is 30.3 Å². The van der Waals surface area contributed by atoms with Crippen molar-refractivity contribution in [3.63, 3.8) is 0 Å². The second-order valence-electron chi connectivity index (χ2n) is 5.43. The molecule has 2 atom stereocenters. The lowest BCUT2D eigenvalue weighted by Gasteiger charge is -2.21. The molecule has 0 aliphatic heterocycles. The predicted molar refractivity (Wildman–Crippen MR) is 79.7 cm³/mol. The molecule has 1 amide bonds. The highest BCUT2D eigenvalue weighted by molar-refractivity contribution is 5.77. The van der Waals surface area contributed by atoms with Crippen LogP contribution in [0, 0.1) is 5.92 Å². The fourth-order valence-corrected chi connectivity index (χ4v) is 2.00. The van der Waals surface area contributed by atoms with E-state index in [4.69, 9.17) is 5.73 Å². The molecule has 1 rings (SSSR count). The van der Waals surface area contributed by atoms with E-state index in [1.54, 1.807) is 0 Å². The second kappa shape index (κ2) is 7.95. The summed E-state index contributed by atoms with van der Waals surface area (Å²) in [7, 11) is 0. The first-order valence-electron chi connectivity index (χ1n) is 7.14. The van der Waals surface area contributed by atoms with Crippen LogP contribution in [0.2, 0.25) is 0 Å². The Balaban J connectivity index is 2.61. The van der Waals surface area contributed by atoms with Crippen LogP contribution in [-0.2, 0) is 4.79 Å². The van der Waals surface area contributed by atoms with Crippen LogP contribution in [0.1, 0.15) is 51.6 Å². The zero-order valence-corrected chi connectivity index (χ0v) is 12.2. The Kier molecular flexibility index (Phi) is 6.57. The van der Waals surface area contributed by atoms with Gasteiger partial charge in [0, 0.05) is 12.5 Å². The average Bonchev–Trinajstić information content (AvgIpc) is 2.39. The van der Waals surface area contributed by atoms with Gasteiger partial charge in [0.15, 0.2) is 0 Å². The molecule has 1 aromatic carbocycles.